The molecular formula is C17H24O2. The summed E-state index contributed by atoms with van der Waals surface area (Å²) in [5.74, 6) is 3.00. The molecule has 104 valence electrons. The highest BCUT2D eigenvalue weighted by Gasteiger charge is 2.55. The molecule has 1 heterocycles. The molecule has 0 spiro atoms. The van der Waals surface area contributed by atoms with Crippen molar-refractivity contribution in [2.45, 2.75) is 51.6 Å². The number of hydrogen-bond donors (Lipinski definition) is 0. The van der Waals surface area contributed by atoms with Gasteiger partial charge in [-0.05, 0) is 55.4 Å². The smallest absolute Gasteiger partial charge is 0.161 e. The summed E-state index contributed by atoms with van der Waals surface area (Å²) >= 11 is 0. The van der Waals surface area contributed by atoms with E-state index in [2.05, 4.69) is 13.0 Å². The third-order valence-corrected chi connectivity index (χ3v) is 6.57. The molecule has 0 bridgehead atoms. The summed E-state index contributed by atoms with van der Waals surface area (Å²) in [4.78, 5) is 12.2. The molecule has 0 aromatic rings. The normalized spacial score (nSPS) is 52.5. The highest BCUT2D eigenvalue weighted by Crippen LogP contribution is 2.56. The Morgan fingerprint density at radius 1 is 1.16 bits per heavy atom. The third-order valence-electron chi connectivity index (χ3n) is 6.57. The molecule has 2 nitrogen and oxygen atoms in total. The molecule has 6 atom stereocenters. The van der Waals surface area contributed by atoms with E-state index < -0.39 is 0 Å². The molecule has 1 aliphatic heterocycles. The van der Waals surface area contributed by atoms with Crippen molar-refractivity contribution < 1.29 is 9.53 Å². The van der Waals surface area contributed by atoms with Crippen molar-refractivity contribution in [2.75, 3.05) is 6.61 Å². The molecule has 2 heteroatoms. The van der Waals surface area contributed by atoms with E-state index >= 15 is 0 Å². The van der Waals surface area contributed by atoms with Gasteiger partial charge in [0.25, 0.3) is 0 Å². The van der Waals surface area contributed by atoms with Gasteiger partial charge in [0.2, 0.25) is 0 Å². The van der Waals surface area contributed by atoms with Gasteiger partial charge in [-0.2, -0.15) is 0 Å². The van der Waals surface area contributed by atoms with Crippen molar-refractivity contribution in [1.82, 2.24) is 0 Å². The first-order valence-electron chi connectivity index (χ1n) is 8.04. The highest BCUT2D eigenvalue weighted by molar-refractivity contribution is 5.97. The second-order valence-electron chi connectivity index (χ2n) is 7.35. The van der Waals surface area contributed by atoms with Crippen LogP contribution in [0.1, 0.15) is 45.4 Å². The lowest BCUT2D eigenvalue weighted by Crippen LogP contribution is -2.52. The molecule has 1 unspecified atom stereocenters. The minimum absolute atomic E-state index is 0.105. The topological polar surface area (TPSA) is 26.3 Å². The zero-order valence-corrected chi connectivity index (χ0v) is 11.8. The van der Waals surface area contributed by atoms with Crippen LogP contribution < -0.4 is 0 Å². The predicted octanol–water partition coefficient (Wildman–Crippen LogP) is 3.36. The maximum atomic E-state index is 12.2. The summed E-state index contributed by atoms with van der Waals surface area (Å²) in [6.45, 7) is 3.08. The second-order valence-corrected chi connectivity index (χ2v) is 7.35. The Morgan fingerprint density at radius 2 is 2.00 bits per heavy atom. The molecule has 19 heavy (non-hydrogen) atoms. The van der Waals surface area contributed by atoms with Crippen molar-refractivity contribution in [1.29, 1.82) is 0 Å². The van der Waals surface area contributed by atoms with Gasteiger partial charge in [0.05, 0.1) is 12.7 Å². The van der Waals surface area contributed by atoms with Crippen LogP contribution in [0.4, 0.5) is 0 Å². The molecule has 0 amide bonds. The summed E-state index contributed by atoms with van der Waals surface area (Å²) in [5, 5.41) is 0. The fourth-order valence-electron chi connectivity index (χ4n) is 5.43. The molecule has 0 aromatic carbocycles. The second kappa shape index (κ2) is 4.18. The van der Waals surface area contributed by atoms with E-state index in [9.17, 15) is 4.79 Å². The Hall–Kier alpha value is -0.630. The summed E-state index contributed by atoms with van der Waals surface area (Å²) in [6, 6.07) is 0. The third kappa shape index (κ3) is 1.62. The van der Waals surface area contributed by atoms with Gasteiger partial charge >= 0.3 is 0 Å². The zero-order valence-electron chi connectivity index (χ0n) is 11.8. The minimum atomic E-state index is -0.105. The summed E-state index contributed by atoms with van der Waals surface area (Å²) in [7, 11) is 0. The number of ketones is 1. The van der Waals surface area contributed by atoms with E-state index in [0.717, 1.165) is 24.9 Å². The van der Waals surface area contributed by atoms with Crippen LogP contribution in [-0.4, -0.2) is 18.5 Å². The number of rotatable bonds is 0. The lowest BCUT2D eigenvalue weighted by molar-refractivity contribution is -0.155. The van der Waals surface area contributed by atoms with E-state index in [1.807, 2.05) is 6.08 Å². The quantitative estimate of drug-likeness (QED) is 0.667. The van der Waals surface area contributed by atoms with Crippen LogP contribution in [0.15, 0.2) is 12.2 Å². The van der Waals surface area contributed by atoms with E-state index in [4.69, 9.17) is 4.74 Å². The molecule has 4 aliphatic rings. The van der Waals surface area contributed by atoms with E-state index in [1.165, 1.54) is 32.1 Å². The number of carbonyl (C=O) groups excluding carboxylic acids is 1. The average molecular weight is 260 g/mol. The van der Waals surface area contributed by atoms with Gasteiger partial charge in [0, 0.05) is 5.41 Å². The van der Waals surface area contributed by atoms with Crippen molar-refractivity contribution in [3.8, 4) is 0 Å². The first kappa shape index (κ1) is 12.1. The summed E-state index contributed by atoms with van der Waals surface area (Å²) in [6.07, 6.45) is 12.3. The molecule has 3 fully saturated rings. The molecule has 0 N–H and O–H groups in total. The Bertz CT molecular complexity index is 427. The Balaban J connectivity index is 1.62. The number of fused-ring (bicyclic) bond motifs is 5. The monoisotopic (exact) mass is 260 g/mol. The lowest BCUT2D eigenvalue weighted by Gasteiger charge is -2.53. The van der Waals surface area contributed by atoms with E-state index in [-0.39, 0.29) is 5.41 Å². The van der Waals surface area contributed by atoms with Crippen LogP contribution in [0.3, 0.4) is 0 Å². The van der Waals surface area contributed by atoms with Crippen molar-refractivity contribution in [3.63, 3.8) is 0 Å². The van der Waals surface area contributed by atoms with Gasteiger partial charge in [0.1, 0.15) is 0 Å². The number of ether oxygens (including phenoxy) is 1. The van der Waals surface area contributed by atoms with Gasteiger partial charge in [-0.15, -0.1) is 0 Å². The summed E-state index contributed by atoms with van der Waals surface area (Å²) < 4.78 is 6.19. The van der Waals surface area contributed by atoms with Crippen molar-refractivity contribution >= 4 is 5.78 Å². The maximum Gasteiger partial charge on any atom is 0.161 e. The number of carbonyl (C=O) groups is 1. The van der Waals surface area contributed by atoms with Gasteiger partial charge in [0.15, 0.2) is 5.78 Å². The SMILES string of the molecule is C[C@]12CC[C@H]3[C@@H](COC4CCCC[C@@H]43)[C@@H]1C=CC2=O. The fourth-order valence-corrected chi connectivity index (χ4v) is 5.43. The van der Waals surface area contributed by atoms with Gasteiger partial charge in [-0.1, -0.05) is 25.8 Å². The van der Waals surface area contributed by atoms with E-state index in [1.54, 1.807) is 0 Å². The van der Waals surface area contributed by atoms with Crippen LogP contribution in [0.2, 0.25) is 0 Å². The predicted molar refractivity (Wildman–Crippen MR) is 73.7 cm³/mol. The molecule has 3 aliphatic carbocycles. The molecule has 0 aromatic heterocycles. The first-order valence-corrected chi connectivity index (χ1v) is 8.04. The molecule has 0 radical (unpaired) electrons. The zero-order chi connectivity index (χ0) is 13.0. The number of hydrogen-bond acceptors (Lipinski definition) is 2. The largest absolute Gasteiger partial charge is 0.378 e. The van der Waals surface area contributed by atoms with E-state index in [0.29, 0.717) is 23.7 Å². The van der Waals surface area contributed by atoms with Crippen molar-refractivity contribution in [3.05, 3.63) is 12.2 Å². The Labute approximate surface area is 115 Å². The Morgan fingerprint density at radius 3 is 2.89 bits per heavy atom. The lowest BCUT2D eigenvalue weighted by atomic mass is 9.55. The Kier molecular flexibility index (Phi) is 2.67. The average Bonchev–Trinajstić information content (AvgIpc) is 2.75. The van der Waals surface area contributed by atoms with Crippen LogP contribution in [0.25, 0.3) is 0 Å². The molecule has 1 saturated heterocycles. The summed E-state index contributed by atoms with van der Waals surface area (Å²) in [5.41, 5.74) is -0.105. The molecule has 4 rings (SSSR count). The molecule has 2 saturated carbocycles. The van der Waals surface area contributed by atoms with Gasteiger partial charge in [-0.3, -0.25) is 4.79 Å². The van der Waals surface area contributed by atoms with Crippen LogP contribution in [0.5, 0.6) is 0 Å². The highest BCUT2D eigenvalue weighted by atomic mass is 16.5. The van der Waals surface area contributed by atoms with Gasteiger partial charge < -0.3 is 4.74 Å². The van der Waals surface area contributed by atoms with Crippen LogP contribution in [-0.2, 0) is 9.53 Å². The maximum absolute atomic E-state index is 12.2. The fraction of sp³-hybridized carbons (Fsp3) is 0.824. The standard InChI is InChI=1S/C17H24O2/c1-17-9-8-11-12-4-2-3-5-15(12)19-10-13(11)14(17)6-7-16(17)18/h6-7,11-15H,2-5,8-10H2,1H3/t11-,12-,13-,14+,15?,17+/m1/s1. The molecular weight excluding hydrogens is 236 g/mol. The van der Waals surface area contributed by atoms with Crippen molar-refractivity contribution in [2.24, 2.45) is 29.1 Å². The van der Waals surface area contributed by atoms with Crippen LogP contribution in [0, 0.1) is 29.1 Å². The minimum Gasteiger partial charge on any atom is -0.378 e. The number of allylic oxidation sites excluding steroid dienone is 2. The first-order chi connectivity index (χ1) is 9.20. The van der Waals surface area contributed by atoms with Gasteiger partial charge in [-0.25, -0.2) is 0 Å². The van der Waals surface area contributed by atoms with Crippen LogP contribution >= 0.6 is 0 Å².